The minimum atomic E-state index is -0.336. The molecule has 0 aliphatic rings. The number of nitrogens with one attached hydrogen (secondary N) is 2. The molecule has 0 heterocycles. The first-order valence-corrected chi connectivity index (χ1v) is 7.70. The number of hydrogen-bond acceptors (Lipinski definition) is 3. The summed E-state index contributed by atoms with van der Waals surface area (Å²) in [5.41, 5.74) is 9.20. The lowest BCUT2D eigenvalue weighted by molar-refractivity contribution is -0.121. The Balaban J connectivity index is 1.98. The summed E-state index contributed by atoms with van der Waals surface area (Å²) in [7, 11) is 1.56. The summed E-state index contributed by atoms with van der Waals surface area (Å²) in [6.45, 7) is 5.77. The molecule has 2 aromatic rings. The second kappa shape index (κ2) is 7.64. The van der Waals surface area contributed by atoms with Gasteiger partial charge in [-0.2, -0.15) is 0 Å². The Bertz CT molecular complexity index is 769. The minimum absolute atomic E-state index is 0.123. The van der Waals surface area contributed by atoms with Gasteiger partial charge in [-0.25, -0.2) is 0 Å². The van der Waals surface area contributed by atoms with E-state index in [1.807, 2.05) is 51.1 Å². The van der Waals surface area contributed by atoms with Gasteiger partial charge in [0.15, 0.2) is 0 Å². The molecule has 0 aliphatic carbocycles. The van der Waals surface area contributed by atoms with Crippen molar-refractivity contribution in [1.82, 2.24) is 10.9 Å². The Morgan fingerprint density at radius 1 is 0.958 bits per heavy atom. The highest BCUT2D eigenvalue weighted by molar-refractivity contribution is 5.96. The number of benzene rings is 2. The smallest absolute Gasteiger partial charge is 0.269 e. The molecule has 5 nitrogen and oxygen atoms in total. The fraction of sp³-hybridized carbons (Fsp3) is 0.263. The molecule has 0 saturated carbocycles. The van der Waals surface area contributed by atoms with Gasteiger partial charge in [0.2, 0.25) is 5.91 Å². The van der Waals surface area contributed by atoms with Crippen LogP contribution in [-0.4, -0.2) is 18.9 Å². The average Bonchev–Trinajstić information content (AvgIpc) is 2.53. The molecule has 2 aromatic carbocycles. The lowest BCUT2D eigenvalue weighted by Crippen LogP contribution is -2.42. The van der Waals surface area contributed by atoms with Crippen molar-refractivity contribution in [1.29, 1.82) is 0 Å². The fourth-order valence-electron chi connectivity index (χ4n) is 2.52. The van der Waals surface area contributed by atoms with Crippen molar-refractivity contribution < 1.29 is 14.3 Å². The van der Waals surface area contributed by atoms with Crippen molar-refractivity contribution in [2.45, 2.75) is 27.2 Å². The maximum atomic E-state index is 12.2. The highest BCUT2D eigenvalue weighted by Gasteiger charge is 2.12. The van der Waals surface area contributed by atoms with Gasteiger partial charge in [0.25, 0.3) is 5.91 Å². The molecule has 24 heavy (non-hydrogen) atoms. The van der Waals surface area contributed by atoms with Gasteiger partial charge < -0.3 is 4.74 Å². The van der Waals surface area contributed by atoms with Crippen LogP contribution in [0.15, 0.2) is 36.4 Å². The van der Waals surface area contributed by atoms with E-state index in [2.05, 4.69) is 10.9 Å². The molecule has 0 radical (unpaired) electrons. The summed E-state index contributed by atoms with van der Waals surface area (Å²) < 4.78 is 5.26. The average molecular weight is 326 g/mol. The van der Waals surface area contributed by atoms with Gasteiger partial charge in [0, 0.05) is 11.1 Å². The van der Waals surface area contributed by atoms with Crippen molar-refractivity contribution >= 4 is 11.8 Å². The second-order valence-corrected chi connectivity index (χ2v) is 5.81. The van der Waals surface area contributed by atoms with Crippen LogP contribution in [0.1, 0.15) is 32.6 Å². The molecule has 2 N–H and O–H groups in total. The van der Waals surface area contributed by atoms with Crippen LogP contribution in [0.2, 0.25) is 0 Å². The van der Waals surface area contributed by atoms with E-state index in [9.17, 15) is 9.59 Å². The van der Waals surface area contributed by atoms with Gasteiger partial charge >= 0.3 is 0 Å². The molecule has 0 atom stereocenters. The van der Waals surface area contributed by atoms with E-state index in [0.29, 0.717) is 11.3 Å². The molecular formula is C19H22N2O3. The zero-order valence-electron chi connectivity index (χ0n) is 14.4. The summed E-state index contributed by atoms with van der Waals surface area (Å²) >= 11 is 0. The van der Waals surface area contributed by atoms with Gasteiger partial charge in [0.1, 0.15) is 5.75 Å². The number of carbonyl (C=O) groups excluding carboxylic acids is 2. The molecule has 0 bridgehead atoms. The third kappa shape index (κ3) is 4.35. The third-order valence-corrected chi connectivity index (χ3v) is 3.73. The Kier molecular flexibility index (Phi) is 5.58. The van der Waals surface area contributed by atoms with Crippen molar-refractivity contribution in [3.05, 3.63) is 64.2 Å². The van der Waals surface area contributed by atoms with E-state index in [0.717, 1.165) is 22.3 Å². The van der Waals surface area contributed by atoms with Gasteiger partial charge in [-0.1, -0.05) is 35.4 Å². The lowest BCUT2D eigenvalue weighted by Gasteiger charge is -2.12. The van der Waals surface area contributed by atoms with Crippen LogP contribution < -0.4 is 15.6 Å². The van der Waals surface area contributed by atoms with E-state index < -0.39 is 0 Å². The number of hydrogen-bond donors (Lipinski definition) is 2. The standard InChI is InChI=1S/C19H22N2O3/c1-12-5-7-16(14(3)9-12)19(23)21-20-18(22)11-15-10-13(2)6-8-17(15)24-4/h5-10H,11H2,1-4H3,(H,20,22)(H,21,23). The maximum absolute atomic E-state index is 12.2. The van der Waals surface area contributed by atoms with E-state index in [4.69, 9.17) is 4.74 Å². The van der Waals surface area contributed by atoms with Crippen molar-refractivity contribution in [2.24, 2.45) is 0 Å². The molecule has 0 fully saturated rings. The summed E-state index contributed by atoms with van der Waals surface area (Å²) in [6, 6.07) is 11.2. The first-order valence-electron chi connectivity index (χ1n) is 7.70. The van der Waals surface area contributed by atoms with E-state index in [-0.39, 0.29) is 18.2 Å². The predicted molar refractivity (Wildman–Crippen MR) is 93.0 cm³/mol. The normalized spacial score (nSPS) is 10.2. The van der Waals surface area contributed by atoms with Crippen LogP contribution >= 0.6 is 0 Å². The van der Waals surface area contributed by atoms with Crippen molar-refractivity contribution in [3.8, 4) is 5.75 Å². The zero-order valence-corrected chi connectivity index (χ0v) is 14.4. The number of methoxy groups -OCH3 is 1. The van der Waals surface area contributed by atoms with Crippen molar-refractivity contribution in [2.75, 3.05) is 7.11 Å². The Morgan fingerprint density at radius 3 is 2.29 bits per heavy atom. The topological polar surface area (TPSA) is 67.4 Å². The summed E-state index contributed by atoms with van der Waals surface area (Å²) in [5, 5.41) is 0. The maximum Gasteiger partial charge on any atom is 0.269 e. The third-order valence-electron chi connectivity index (χ3n) is 3.73. The summed E-state index contributed by atoms with van der Waals surface area (Å²) in [5.74, 6) is 0.00512. The van der Waals surface area contributed by atoms with Crippen LogP contribution in [0.4, 0.5) is 0 Å². The Morgan fingerprint density at radius 2 is 1.62 bits per heavy atom. The van der Waals surface area contributed by atoms with Crippen LogP contribution in [0.3, 0.4) is 0 Å². The molecule has 0 unspecified atom stereocenters. The van der Waals surface area contributed by atoms with Crippen LogP contribution in [0.5, 0.6) is 5.75 Å². The predicted octanol–water partition coefficient (Wildman–Crippen LogP) is 2.62. The quantitative estimate of drug-likeness (QED) is 0.849. The summed E-state index contributed by atoms with van der Waals surface area (Å²) in [6.07, 6.45) is 0.123. The number of ether oxygens (including phenoxy) is 1. The monoisotopic (exact) mass is 326 g/mol. The molecule has 0 spiro atoms. The molecule has 0 aromatic heterocycles. The second-order valence-electron chi connectivity index (χ2n) is 5.81. The van der Waals surface area contributed by atoms with Gasteiger partial charge in [0.05, 0.1) is 13.5 Å². The van der Waals surface area contributed by atoms with Gasteiger partial charge in [-0.05, 0) is 38.5 Å². The first-order chi connectivity index (χ1) is 11.4. The van der Waals surface area contributed by atoms with Crippen LogP contribution in [0.25, 0.3) is 0 Å². The summed E-state index contributed by atoms with van der Waals surface area (Å²) in [4.78, 5) is 24.2. The molecule has 2 rings (SSSR count). The van der Waals surface area contributed by atoms with Crippen molar-refractivity contribution in [3.63, 3.8) is 0 Å². The minimum Gasteiger partial charge on any atom is -0.496 e. The van der Waals surface area contributed by atoms with Crippen LogP contribution in [-0.2, 0) is 11.2 Å². The van der Waals surface area contributed by atoms with Gasteiger partial charge in [-0.15, -0.1) is 0 Å². The first kappa shape index (κ1) is 17.5. The number of rotatable bonds is 4. The molecule has 5 heteroatoms. The van der Waals surface area contributed by atoms with Gasteiger partial charge in [-0.3, -0.25) is 20.4 Å². The fourth-order valence-corrected chi connectivity index (χ4v) is 2.52. The molecule has 126 valence electrons. The molecule has 2 amide bonds. The Labute approximate surface area is 142 Å². The molecule has 0 aliphatic heterocycles. The highest BCUT2D eigenvalue weighted by Crippen LogP contribution is 2.20. The van der Waals surface area contributed by atoms with Crippen LogP contribution in [0, 0.1) is 20.8 Å². The number of hydrazine groups is 1. The lowest BCUT2D eigenvalue weighted by atomic mass is 10.1. The largest absolute Gasteiger partial charge is 0.496 e. The van der Waals surface area contributed by atoms with E-state index in [1.54, 1.807) is 13.2 Å². The molecular weight excluding hydrogens is 304 g/mol. The zero-order chi connectivity index (χ0) is 17.7. The Hall–Kier alpha value is -2.82. The van der Waals surface area contributed by atoms with E-state index >= 15 is 0 Å². The number of amides is 2. The number of carbonyl (C=O) groups is 2. The van der Waals surface area contributed by atoms with E-state index in [1.165, 1.54) is 0 Å². The number of aryl methyl sites for hydroxylation is 3. The molecule has 0 saturated heterocycles. The SMILES string of the molecule is COc1ccc(C)cc1CC(=O)NNC(=O)c1ccc(C)cc1C. The highest BCUT2D eigenvalue weighted by atomic mass is 16.5.